The predicted molar refractivity (Wildman–Crippen MR) is 117 cm³/mol. The van der Waals surface area contributed by atoms with Crippen molar-refractivity contribution in [1.82, 2.24) is 24.6 Å². The molecule has 11 nitrogen and oxygen atoms in total. The van der Waals surface area contributed by atoms with Crippen LogP contribution in [-0.4, -0.2) is 63.1 Å². The second kappa shape index (κ2) is 8.19. The van der Waals surface area contributed by atoms with Gasteiger partial charge in [0.05, 0.1) is 12.1 Å². The number of likely N-dealkylation sites (tertiary alicyclic amines) is 1. The topological polar surface area (TPSA) is 157 Å². The lowest BCUT2D eigenvalue weighted by Crippen LogP contribution is -2.24. The summed E-state index contributed by atoms with van der Waals surface area (Å²) < 4.78 is 2.30. The molecule has 4 rings (SSSR count). The molecule has 1 saturated heterocycles. The smallest absolute Gasteiger partial charge is 0.273 e. The van der Waals surface area contributed by atoms with E-state index in [0.717, 1.165) is 41.7 Å². The molecule has 11 heteroatoms. The SMILES string of the molecule is Cc1cc(Nc2nc(NCC(N)=O)nnc2C(N)=O)c2ccn([C@@H]3CCN(C)C3)c2c1. The third-order valence-corrected chi connectivity index (χ3v) is 5.34. The van der Waals surface area contributed by atoms with Gasteiger partial charge in [0.1, 0.15) is 0 Å². The summed E-state index contributed by atoms with van der Waals surface area (Å²) in [5.74, 6) is -1.13. The molecule has 0 aliphatic carbocycles. The number of nitrogens with zero attached hydrogens (tertiary/aromatic N) is 5. The fraction of sp³-hybridized carbons (Fsp3) is 0.350. The van der Waals surface area contributed by atoms with Crippen molar-refractivity contribution in [3.05, 3.63) is 35.7 Å². The molecule has 0 radical (unpaired) electrons. The monoisotopic (exact) mass is 423 g/mol. The van der Waals surface area contributed by atoms with Gasteiger partial charge in [-0.3, -0.25) is 9.59 Å². The van der Waals surface area contributed by atoms with E-state index in [2.05, 4.69) is 54.6 Å². The van der Waals surface area contributed by atoms with E-state index in [9.17, 15) is 9.59 Å². The Hall–Kier alpha value is -3.73. The Morgan fingerprint density at radius 2 is 2.06 bits per heavy atom. The lowest BCUT2D eigenvalue weighted by Gasteiger charge is -2.16. The van der Waals surface area contributed by atoms with Crippen LogP contribution >= 0.6 is 0 Å². The molecule has 1 aliphatic heterocycles. The van der Waals surface area contributed by atoms with E-state index in [0.29, 0.717) is 6.04 Å². The first-order valence-electron chi connectivity index (χ1n) is 9.95. The molecule has 1 aromatic carbocycles. The third kappa shape index (κ3) is 4.26. The first-order valence-corrected chi connectivity index (χ1v) is 9.95. The molecule has 1 aliphatic rings. The van der Waals surface area contributed by atoms with Crippen LogP contribution in [0.5, 0.6) is 0 Å². The zero-order valence-electron chi connectivity index (χ0n) is 17.4. The first-order chi connectivity index (χ1) is 14.8. The number of benzene rings is 1. The van der Waals surface area contributed by atoms with Gasteiger partial charge in [-0.25, -0.2) is 0 Å². The van der Waals surface area contributed by atoms with E-state index in [4.69, 9.17) is 11.5 Å². The lowest BCUT2D eigenvalue weighted by atomic mass is 10.1. The summed E-state index contributed by atoms with van der Waals surface area (Å²) in [6.45, 7) is 3.91. The second-order valence-corrected chi connectivity index (χ2v) is 7.81. The summed E-state index contributed by atoms with van der Waals surface area (Å²) in [5, 5.41) is 14.5. The molecule has 31 heavy (non-hydrogen) atoms. The number of carbonyl (C=O) groups excluding carboxylic acids is 2. The van der Waals surface area contributed by atoms with Crippen molar-refractivity contribution in [2.24, 2.45) is 11.5 Å². The number of hydrogen-bond donors (Lipinski definition) is 4. The van der Waals surface area contributed by atoms with E-state index in [1.165, 1.54) is 0 Å². The van der Waals surface area contributed by atoms with Crippen molar-refractivity contribution < 1.29 is 9.59 Å². The predicted octanol–water partition coefficient (Wildman–Crippen LogP) is 0.751. The Labute approximate surface area is 178 Å². The van der Waals surface area contributed by atoms with Gasteiger partial charge in [-0.2, -0.15) is 4.98 Å². The fourth-order valence-electron chi connectivity index (χ4n) is 3.91. The van der Waals surface area contributed by atoms with Crippen LogP contribution in [0.3, 0.4) is 0 Å². The first kappa shape index (κ1) is 20.5. The highest BCUT2D eigenvalue weighted by molar-refractivity contribution is 5.99. The summed E-state index contributed by atoms with van der Waals surface area (Å²) in [5.41, 5.74) is 13.4. The Balaban J connectivity index is 1.72. The molecule has 3 heterocycles. The van der Waals surface area contributed by atoms with Crippen molar-refractivity contribution in [2.45, 2.75) is 19.4 Å². The number of carbonyl (C=O) groups is 2. The van der Waals surface area contributed by atoms with Crippen LogP contribution in [0.25, 0.3) is 10.9 Å². The number of nitrogens with one attached hydrogen (secondary N) is 2. The maximum absolute atomic E-state index is 11.9. The Kier molecular flexibility index (Phi) is 5.42. The molecular weight excluding hydrogens is 398 g/mol. The zero-order chi connectivity index (χ0) is 22.1. The molecule has 2 amide bonds. The molecule has 3 aromatic rings. The fourth-order valence-corrected chi connectivity index (χ4v) is 3.91. The van der Waals surface area contributed by atoms with Gasteiger partial charge in [0.2, 0.25) is 11.9 Å². The number of aryl methyl sites for hydroxylation is 1. The zero-order valence-corrected chi connectivity index (χ0v) is 17.4. The number of likely N-dealkylation sites (N-methyl/N-ethyl adjacent to an activating group) is 1. The molecule has 6 N–H and O–H groups in total. The van der Waals surface area contributed by atoms with Gasteiger partial charge in [0.15, 0.2) is 11.5 Å². The number of fused-ring (bicyclic) bond motifs is 1. The highest BCUT2D eigenvalue weighted by Gasteiger charge is 2.23. The van der Waals surface area contributed by atoms with Gasteiger partial charge in [-0.1, -0.05) is 0 Å². The van der Waals surface area contributed by atoms with E-state index < -0.39 is 11.8 Å². The number of amides is 2. The van der Waals surface area contributed by atoms with Crippen molar-refractivity contribution >= 4 is 40.2 Å². The Bertz CT molecular complexity index is 1160. The maximum atomic E-state index is 11.9. The van der Waals surface area contributed by atoms with Crippen LogP contribution in [0.2, 0.25) is 0 Å². The average molecular weight is 423 g/mol. The van der Waals surface area contributed by atoms with Gasteiger partial charge in [0, 0.05) is 29.9 Å². The highest BCUT2D eigenvalue weighted by Crippen LogP contribution is 2.33. The normalized spacial score (nSPS) is 16.5. The molecule has 0 spiro atoms. The van der Waals surface area contributed by atoms with Crippen LogP contribution in [-0.2, 0) is 4.79 Å². The van der Waals surface area contributed by atoms with Gasteiger partial charge in [-0.05, 0) is 50.7 Å². The minimum Gasteiger partial charge on any atom is -0.368 e. The van der Waals surface area contributed by atoms with Crippen molar-refractivity contribution in [3.63, 3.8) is 0 Å². The van der Waals surface area contributed by atoms with Gasteiger partial charge < -0.3 is 31.6 Å². The van der Waals surface area contributed by atoms with Crippen molar-refractivity contribution in [2.75, 3.05) is 37.3 Å². The molecular formula is C20H25N9O2. The summed E-state index contributed by atoms with van der Waals surface area (Å²) in [4.78, 5) is 29.5. The van der Waals surface area contributed by atoms with E-state index in [1.807, 2.05) is 19.1 Å². The third-order valence-electron chi connectivity index (χ3n) is 5.34. The largest absolute Gasteiger partial charge is 0.368 e. The summed E-state index contributed by atoms with van der Waals surface area (Å²) >= 11 is 0. The van der Waals surface area contributed by atoms with Gasteiger partial charge in [0.25, 0.3) is 5.91 Å². The maximum Gasteiger partial charge on any atom is 0.273 e. The Morgan fingerprint density at radius 3 is 2.74 bits per heavy atom. The van der Waals surface area contributed by atoms with Gasteiger partial charge in [-0.15, -0.1) is 10.2 Å². The molecule has 0 bridgehead atoms. The number of aromatic nitrogens is 4. The molecule has 1 fully saturated rings. The van der Waals surface area contributed by atoms with Crippen LogP contribution in [0, 0.1) is 6.92 Å². The van der Waals surface area contributed by atoms with Gasteiger partial charge >= 0.3 is 0 Å². The summed E-state index contributed by atoms with van der Waals surface area (Å²) in [7, 11) is 2.13. The number of primary amides is 2. The Morgan fingerprint density at radius 1 is 1.26 bits per heavy atom. The lowest BCUT2D eigenvalue weighted by molar-refractivity contribution is -0.116. The van der Waals surface area contributed by atoms with E-state index >= 15 is 0 Å². The van der Waals surface area contributed by atoms with E-state index in [1.54, 1.807) is 0 Å². The second-order valence-electron chi connectivity index (χ2n) is 7.81. The van der Waals surface area contributed by atoms with Crippen LogP contribution < -0.4 is 22.1 Å². The standard InChI is InChI=1S/C20H25N9O2/c1-11-7-14(13-4-6-29(15(13)8-11)12-3-5-28(2)10-12)24-19-17(18(22)31)26-27-20(25-19)23-9-16(21)30/h4,6-8,12H,3,5,9-10H2,1-2H3,(H2,21,30)(H2,22,31)(H2,23,24,25,27)/t12-/m1/s1. The number of anilines is 3. The average Bonchev–Trinajstić information content (AvgIpc) is 3.32. The molecule has 162 valence electrons. The van der Waals surface area contributed by atoms with Crippen molar-refractivity contribution in [1.29, 1.82) is 0 Å². The molecule has 2 aromatic heterocycles. The quantitative estimate of drug-likeness (QED) is 0.433. The van der Waals surface area contributed by atoms with Crippen LogP contribution in [0.1, 0.15) is 28.5 Å². The summed E-state index contributed by atoms with van der Waals surface area (Å²) in [6, 6.07) is 6.56. The summed E-state index contributed by atoms with van der Waals surface area (Å²) in [6.07, 6.45) is 3.18. The van der Waals surface area contributed by atoms with Crippen molar-refractivity contribution in [3.8, 4) is 0 Å². The molecule has 0 unspecified atom stereocenters. The number of hydrogen-bond acceptors (Lipinski definition) is 8. The van der Waals surface area contributed by atoms with Crippen LogP contribution in [0.4, 0.5) is 17.5 Å². The van der Waals surface area contributed by atoms with Crippen LogP contribution in [0.15, 0.2) is 24.4 Å². The minimum atomic E-state index is -0.764. The number of nitrogens with two attached hydrogens (primary N) is 2. The highest BCUT2D eigenvalue weighted by atomic mass is 16.1. The van der Waals surface area contributed by atoms with E-state index in [-0.39, 0.29) is 24.0 Å². The minimum absolute atomic E-state index is 0.0572. The molecule has 0 saturated carbocycles. The number of rotatable bonds is 7. The molecule has 1 atom stereocenters.